The number of halogens is 2. The lowest BCUT2D eigenvalue weighted by Crippen LogP contribution is -2.22. The Hall–Kier alpha value is -0.840. The van der Waals surface area contributed by atoms with Gasteiger partial charge in [-0.05, 0) is 30.9 Å². The lowest BCUT2D eigenvalue weighted by molar-refractivity contribution is 0.0185. The molecule has 0 aromatic carbocycles. The van der Waals surface area contributed by atoms with Crippen LogP contribution in [-0.4, -0.2) is 30.8 Å². The van der Waals surface area contributed by atoms with E-state index in [-0.39, 0.29) is 10.3 Å². The van der Waals surface area contributed by atoms with Crippen molar-refractivity contribution in [2.45, 2.75) is 12.8 Å². The van der Waals surface area contributed by atoms with Crippen molar-refractivity contribution in [3.05, 3.63) is 28.0 Å². The summed E-state index contributed by atoms with van der Waals surface area (Å²) in [5.41, 5.74) is 0.326. The Morgan fingerprint density at radius 3 is 2.56 bits per heavy atom. The molecule has 18 heavy (non-hydrogen) atoms. The summed E-state index contributed by atoms with van der Waals surface area (Å²) < 4.78 is 10.5. The van der Waals surface area contributed by atoms with Gasteiger partial charge in [0.25, 0.3) is 0 Å². The fourth-order valence-electron chi connectivity index (χ4n) is 1.77. The Labute approximate surface area is 115 Å². The molecule has 0 saturated carbocycles. The zero-order chi connectivity index (χ0) is 13.0. The van der Waals surface area contributed by atoms with Gasteiger partial charge in [-0.3, -0.25) is 0 Å². The van der Waals surface area contributed by atoms with Crippen molar-refractivity contribution < 1.29 is 14.3 Å². The number of rotatable bonds is 3. The predicted molar refractivity (Wildman–Crippen MR) is 68.1 cm³/mol. The quantitative estimate of drug-likeness (QED) is 0.634. The molecule has 1 aliphatic heterocycles. The van der Waals surface area contributed by atoms with E-state index in [9.17, 15) is 4.79 Å². The third-order valence-electron chi connectivity index (χ3n) is 2.79. The predicted octanol–water partition coefficient (Wildman–Crippen LogP) is 2.97. The molecule has 6 heteroatoms. The molecule has 1 aliphatic rings. The number of pyridine rings is 1. The van der Waals surface area contributed by atoms with E-state index in [0.29, 0.717) is 18.1 Å². The standard InChI is InChI=1S/C12H13Cl2NO3/c13-10-5-9(6-11(14)15-10)12(16)18-7-8-1-3-17-4-2-8/h5-6,8H,1-4,7H2. The van der Waals surface area contributed by atoms with E-state index in [4.69, 9.17) is 32.7 Å². The van der Waals surface area contributed by atoms with E-state index in [1.165, 1.54) is 12.1 Å². The number of ether oxygens (including phenoxy) is 2. The minimum atomic E-state index is -0.423. The number of carbonyl (C=O) groups is 1. The summed E-state index contributed by atoms with van der Waals surface area (Å²) in [6.45, 7) is 1.87. The summed E-state index contributed by atoms with van der Waals surface area (Å²) in [7, 11) is 0. The number of nitrogens with zero attached hydrogens (tertiary/aromatic N) is 1. The number of hydrogen-bond acceptors (Lipinski definition) is 4. The molecule has 1 aromatic rings. The molecule has 1 aromatic heterocycles. The van der Waals surface area contributed by atoms with Gasteiger partial charge < -0.3 is 9.47 Å². The summed E-state index contributed by atoms with van der Waals surface area (Å²) in [4.78, 5) is 15.6. The summed E-state index contributed by atoms with van der Waals surface area (Å²) in [5, 5.41) is 0.362. The SMILES string of the molecule is O=C(OCC1CCOCC1)c1cc(Cl)nc(Cl)c1. The van der Waals surface area contributed by atoms with E-state index in [0.717, 1.165) is 26.1 Å². The normalized spacial score (nSPS) is 16.6. The molecular weight excluding hydrogens is 277 g/mol. The lowest BCUT2D eigenvalue weighted by Gasteiger charge is -2.21. The second-order valence-electron chi connectivity index (χ2n) is 4.16. The van der Waals surface area contributed by atoms with E-state index in [2.05, 4.69) is 4.98 Å². The molecule has 0 unspecified atom stereocenters. The first-order chi connectivity index (χ1) is 8.65. The van der Waals surface area contributed by atoms with Crippen molar-refractivity contribution in [1.29, 1.82) is 0 Å². The number of aromatic nitrogens is 1. The first-order valence-electron chi connectivity index (χ1n) is 5.73. The van der Waals surface area contributed by atoms with Crippen molar-refractivity contribution in [3.8, 4) is 0 Å². The molecule has 0 N–H and O–H groups in total. The molecule has 0 amide bonds. The van der Waals surface area contributed by atoms with Crippen LogP contribution in [0.15, 0.2) is 12.1 Å². The van der Waals surface area contributed by atoms with Crippen LogP contribution < -0.4 is 0 Å². The van der Waals surface area contributed by atoms with Crippen molar-refractivity contribution >= 4 is 29.2 Å². The smallest absolute Gasteiger partial charge is 0.338 e. The molecule has 0 bridgehead atoms. The van der Waals surface area contributed by atoms with Crippen LogP contribution in [0, 0.1) is 5.92 Å². The van der Waals surface area contributed by atoms with Gasteiger partial charge in [-0.25, -0.2) is 9.78 Å². The molecule has 0 radical (unpaired) electrons. The molecule has 1 saturated heterocycles. The highest BCUT2D eigenvalue weighted by Crippen LogP contribution is 2.18. The topological polar surface area (TPSA) is 48.4 Å². The third-order valence-corrected chi connectivity index (χ3v) is 3.18. The monoisotopic (exact) mass is 289 g/mol. The minimum absolute atomic E-state index is 0.181. The second-order valence-corrected chi connectivity index (χ2v) is 4.93. The average molecular weight is 290 g/mol. The lowest BCUT2D eigenvalue weighted by atomic mass is 10.0. The third kappa shape index (κ3) is 3.83. The molecule has 98 valence electrons. The van der Waals surface area contributed by atoms with Gasteiger partial charge in [-0.15, -0.1) is 0 Å². The van der Waals surface area contributed by atoms with Crippen LogP contribution in [0.5, 0.6) is 0 Å². The van der Waals surface area contributed by atoms with E-state index in [1.807, 2.05) is 0 Å². The van der Waals surface area contributed by atoms with Crippen LogP contribution in [-0.2, 0) is 9.47 Å². The largest absolute Gasteiger partial charge is 0.462 e. The van der Waals surface area contributed by atoms with Gasteiger partial charge in [0.05, 0.1) is 12.2 Å². The van der Waals surface area contributed by atoms with Gasteiger partial charge in [0.1, 0.15) is 10.3 Å². The van der Waals surface area contributed by atoms with Crippen LogP contribution in [0.2, 0.25) is 10.3 Å². The highest BCUT2D eigenvalue weighted by Gasteiger charge is 2.17. The first kappa shape index (κ1) is 13.6. The molecule has 0 atom stereocenters. The van der Waals surface area contributed by atoms with Crippen molar-refractivity contribution in [3.63, 3.8) is 0 Å². The van der Waals surface area contributed by atoms with Gasteiger partial charge in [0.15, 0.2) is 0 Å². The fraction of sp³-hybridized carbons (Fsp3) is 0.500. The molecule has 2 rings (SSSR count). The van der Waals surface area contributed by atoms with Gasteiger partial charge >= 0.3 is 5.97 Å². The molecule has 0 spiro atoms. The zero-order valence-electron chi connectivity index (χ0n) is 9.70. The Morgan fingerprint density at radius 1 is 1.33 bits per heavy atom. The fourth-order valence-corrected chi connectivity index (χ4v) is 2.23. The average Bonchev–Trinajstić information content (AvgIpc) is 2.36. The Kier molecular flexibility index (Phi) is 4.80. The Morgan fingerprint density at radius 2 is 1.94 bits per heavy atom. The van der Waals surface area contributed by atoms with Crippen LogP contribution in [0.3, 0.4) is 0 Å². The van der Waals surface area contributed by atoms with Crippen LogP contribution in [0.1, 0.15) is 23.2 Å². The zero-order valence-corrected chi connectivity index (χ0v) is 11.2. The minimum Gasteiger partial charge on any atom is -0.462 e. The number of hydrogen-bond donors (Lipinski definition) is 0. The van der Waals surface area contributed by atoms with Crippen LogP contribution in [0.25, 0.3) is 0 Å². The number of carbonyl (C=O) groups excluding carboxylic acids is 1. The van der Waals surface area contributed by atoms with Crippen molar-refractivity contribution in [1.82, 2.24) is 4.98 Å². The first-order valence-corrected chi connectivity index (χ1v) is 6.48. The second kappa shape index (κ2) is 6.36. The van der Waals surface area contributed by atoms with E-state index in [1.54, 1.807) is 0 Å². The Balaban J connectivity index is 1.90. The number of esters is 1. The molecule has 4 nitrogen and oxygen atoms in total. The van der Waals surface area contributed by atoms with Crippen molar-refractivity contribution in [2.75, 3.05) is 19.8 Å². The Bertz CT molecular complexity index is 413. The summed E-state index contributed by atoms with van der Waals surface area (Å²) >= 11 is 11.4. The van der Waals surface area contributed by atoms with Gasteiger partial charge in [-0.2, -0.15) is 0 Å². The van der Waals surface area contributed by atoms with E-state index < -0.39 is 5.97 Å². The maximum Gasteiger partial charge on any atom is 0.338 e. The molecular formula is C12H13Cl2NO3. The maximum absolute atomic E-state index is 11.8. The summed E-state index contributed by atoms with van der Waals surface area (Å²) in [6, 6.07) is 2.89. The molecule has 1 fully saturated rings. The van der Waals surface area contributed by atoms with Gasteiger partial charge in [-0.1, -0.05) is 23.2 Å². The summed E-state index contributed by atoms with van der Waals surface area (Å²) in [6.07, 6.45) is 1.84. The van der Waals surface area contributed by atoms with Gasteiger partial charge in [0.2, 0.25) is 0 Å². The molecule has 0 aliphatic carbocycles. The maximum atomic E-state index is 11.8. The van der Waals surface area contributed by atoms with Crippen LogP contribution in [0.4, 0.5) is 0 Å². The van der Waals surface area contributed by atoms with Crippen LogP contribution >= 0.6 is 23.2 Å². The van der Waals surface area contributed by atoms with E-state index >= 15 is 0 Å². The molecule has 2 heterocycles. The van der Waals surface area contributed by atoms with Gasteiger partial charge in [0, 0.05) is 13.2 Å². The summed E-state index contributed by atoms with van der Waals surface area (Å²) in [5.74, 6) is -0.0526. The van der Waals surface area contributed by atoms with Crippen molar-refractivity contribution in [2.24, 2.45) is 5.92 Å². The highest BCUT2D eigenvalue weighted by atomic mass is 35.5. The highest BCUT2D eigenvalue weighted by molar-refractivity contribution is 6.32.